The van der Waals surface area contributed by atoms with Gasteiger partial charge in [-0.25, -0.2) is 0 Å². The van der Waals surface area contributed by atoms with E-state index in [9.17, 15) is 4.79 Å². The zero-order valence-electron chi connectivity index (χ0n) is 13.6. The van der Waals surface area contributed by atoms with E-state index >= 15 is 0 Å². The van der Waals surface area contributed by atoms with Gasteiger partial charge in [0.05, 0.1) is 20.6 Å². The molecule has 0 saturated carbocycles. The van der Waals surface area contributed by atoms with Gasteiger partial charge in [0.25, 0.3) is 0 Å². The van der Waals surface area contributed by atoms with Crippen molar-refractivity contribution in [2.45, 2.75) is 26.2 Å². The second kappa shape index (κ2) is 7.12. The third kappa shape index (κ3) is 3.88. The van der Waals surface area contributed by atoms with Crippen molar-refractivity contribution in [1.82, 2.24) is 0 Å². The van der Waals surface area contributed by atoms with Crippen LogP contribution in [0.2, 0.25) is 0 Å². The number of ether oxygens (including phenoxy) is 2. The highest BCUT2D eigenvalue weighted by Crippen LogP contribution is 2.31. The molecule has 0 amide bonds. The van der Waals surface area contributed by atoms with E-state index < -0.39 is 0 Å². The minimum atomic E-state index is -0.216. The molecule has 22 heavy (non-hydrogen) atoms. The second-order valence-corrected chi connectivity index (χ2v) is 5.53. The maximum Gasteiger partial charge on any atom is 0.306 e. The Morgan fingerprint density at radius 3 is 2.27 bits per heavy atom. The Bertz CT molecular complexity index is 641. The van der Waals surface area contributed by atoms with Gasteiger partial charge >= 0.3 is 5.97 Å². The summed E-state index contributed by atoms with van der Waals surface area (Å²) in [6.45, 7) is 4.13. The van der Waals surface area contributed by atoms with Gasteiger partial charge in [-0.1, -0.05) is 41.5 Å². The summed E-state index contributed by atoms with van der Waals surface area (Å²) in [7, 11) is 3.07. The summed E-state index contributed by atoms with van der Waals surface area (Å²) in [4.78, 5) is 11.8. The molecule has 0 fully saturated rings. The summed E-state index contributed by atoms with van der Waals surface area (Å²) in [6.07, 6.45) is 0.312. The fraction of sp³-hybridized carbons (Fsp3) is 0.316. The van der Waals surface area contributed by atoms with Gasteiger partial charge in [-0.3, -0.25) is 4.79 Å². The third-order valence-electron chi connectivity index (χ3n) is 3.74. The lowest BCUT2D eigenvalue weighted by molar-refractivity contribution is -0.140. The largest absolute Gasteiger partial charge is 0.497 e. The molecule has 3 heteroatoms. The van der Waals surface area contributed by atoms with Gasteiger partial charge in [0.2, 0.25) is 0 Å². The Kier molecular flexibility index (Phi) is 5.21. The first-order valence-corrected chi connectivity index (χ1v) is 7.32. The standard InChI is InChI=1S/C19H22O3/c1-13-8-14(2)10-16(9-13)18(12-19(20)22-4)15-6-5-7-17(11-15)21-3/h5-11,18H,12H2,1-4H3. The fourth-order valence-corrected chi connectivity index (χ4v) is 2.75. The van der Waals surface area contributed by atoms with Gasteiger partial charge in [0, 0.05) is 5.92 Å². The molecule has 2 aromatic rings. The van der Waals surface area contributed by atoms with Crippen LogP contribution in [0.15, 0.2) is 42.5 Å². The van der Waals surface area contributed by atoms with Crippen LogP contribution >= 0.6 is 0 Å². The van der Waals surface area contributed by atoms with Crippen molar-refractivity contribution >= 4 is 5.97 Å². The van der Waals surface area contributed by atoms with Crippen molar-refractivity contribution in [3.05, 3.63) is 64.7 Å². The molecule has 0 bridgehead atoms. The molecule has 2 rings (SSSR count). The van der Waals surface area contributed by atoms with Crippen molar-refractivity contribution in [2.24, 2.45) is 0 Å². The van der Waals surface area contributed by atoms with E-state index in [0.29, 0.717) is 6.42 Å². The number of hydrogen-bond donors (Lipinski definition) is 0. The summed E-state index contributed by atoms with van der Waals surface area (Å²) in [6, 6.07) is 14.2. The Morgan fingerprint density at radius 1 is 1.00 bits per heavy atom. The van der Waals surface area contributed by atoms with Gasteiger partial charge < -0.3 is 9.47 Å². The number of esters is 1. The molecule has 1 unspecified atom stereocenters. The molecule has 0 spiro atoms. The quantitative estimate of drug-likeness (QED) is 0.782. The predicted octanol–water partition coefficient (Wildman–Crippen LogP) is 4.01. The van der Waals surface area contributed by atoms with E-state index in [4.69, 9.17) is 9.47 Å². The van der Waals surface area contributed by atoms with Crippen LogP contribution in [-0.2, 0) is 9.53 Å². The lowest BCUT2D eigenvalue weighted by Crippen LogP contribution is -2.10. The number of carbonyl (C=O) groups is 1. The normalized spacial score (nSPS) is 11.8. The van der Waals surface area contributed by atoms with Gasteiger partial charge in [-0.2, -0.15) is 0 Å². The van der Waals surface area contributed by atoms with Crippen LogP contribution < -0.4 is 4.74 Å². The maximum atomic E-state index is 11.8. The van der Waals surface area contributed by atoms with Crippen molar-refractivity contribution in [1.29, 1.82) is 0 Å². The SMILES string of the molecule is COC(=O)CC(c1cc(C)cc(C)c1)c1cccc(OC)c1. The van der Waals surface area contributed by atoms with E-state index in [1.54, 1.807) is 7.11 Å². The van der Waals surface area contributed by atoms with Crippen LogP contribution in [0.3, 0.4) is 0 Å². The molecule has 0 saturated heterocycles. The number of hydrogen-bond acceptors (Lipinski definition) is 3. The van der Waals surface area contributed by atoms with Crippen LogP contribution in [0.5, 0.6) is 5.75 Å². The molecule has 1 atom stereocenters. The van der Waals surface area contributed by atoms with E-state index in [-0.39, 0.29) is 11.9 Å². The fourth-order valence-electron chi connectivity index (χ4n) is 2.75. The zero-order chi connectivity index (χ0) is 16.1. The maximum absolute atomic E-state index is 11.8. The Balaban J connectivity index is 2.47. The van der Waals surface area contributed by atoms with Crippen LogP contribution in [-0.4, -0.2) is 20.2 Å². The molecule has 2 aromatic carbocycles. The Hall–Kier alpha value is -2.29. The Morgan fingerprint density at radius 2 is 1.68 bits per heavy atom. The summed E-state index contributed by atoms with van der Waals surface area (Å²) in [5.74, 6) is 0.532. The number of carbonyl (C=O) groups excluding carboxylic acids is 1. The highest BCUT2D eigenvalue weighted by molar-refractivity contribution is 5.71. The predicted molar refractivity (Wildman–Crippen MR) is 87.4 cm³/mol. The molecule has 0 radical (unpaired) electrons. The average Bonchev–Trinajstić information content (AvgIpc) is 2.51. The number of methoxy groups -OCH3 is 2. The molecule has 116 valence electrons. The highest BCUT2D eigenvalue weighted by Gasteiger charge is 2.20. The second-order valence-electron chi connectivity index (χ2n) is 5.53. The van der Waals surface area contributed by atoms with Crippen molar-refractivity contribution in [2.75, 3.05) is 14.2 Å². The first kappa shape index (κ1) is 16.1. The first-order valence-electron chi connectivity index (χ1n) is 7.32. The van der Waals surface area contributed by atoms with Crippen LogP contribution in [0.1, 0.15) is 34.6 Å². The lowest BCUT2D eigenvalue weighted by atomic mass is 9.87. The minimum absolute atomic E-state index is 0.0406. The van der Waals surface area contributed by atoms with Gasteiger partial charge in [-0.05, 0) is 37.1 Å². The van der Waals surface area contributed by atoms with Gasteiger partial charge in [0.15, 0.2) is 0 Å². The molecule has 0 N–H and O–H groups in total. The molecular formula is C19H22O3. The number of benzene rings is 2. The highest BCUT2D eigenvalue weighted by atomic mass is 16.5. The van der Waals surface area contributed by atoms with Crippen molar-refractivity contribution in [3.63, 3.8) is 0 Å². The van der Waals surface area contributed by atoms with E-state index in [0.717, 1.165) is 16.9 Å². The summed E-state index contributed by atoms with van der Waals surface area (Å²) >= 11 is 0. The summed E-state index contributed by atoms with van der Waals surface area (Å²) in [5.41, 5.74) is 4.55. The number of rotatable bonds is 5. The molecule has 0 aromatic heterocycles. The summed E-state index contributed by atoms with van der Waals surface area (Å²) in [5, 5.41) is 0. The van der Waals surface area contributed by atoms with Crippen LogP contribution in [0.4, 0.5) is 0 Å². The molecule has 0 aliphatic heterocycles. The van der Waals surface area contributed by atoms with E-state index in [1.807, 2.05) is 24.3 Å². The lowest BCUT2D eigenvalue weighted by Gasteiger charge is -2.19. The molecule has 0 heterocycles. The van der Waals surface area contributed by atoms with Crippen molar-refractivity contribution in [3.8, 4) is 5.75 Å². The molecule has 0 aliphatic rings. The average molecular weight is 298 g/mol. The zero-order valence-corrected chi connectivity index (χ0v) is 13.6. The van der Waals surface area contributed by atoms with Crippen molar-refractivity contribution < 1.29 is 14.3 Å². The summed E-state index contributed by atoms with van der Waals surface area (Å²) < 4.78 is 10.2. The first-order chi connectivity index (χ1) is 10.5. The molecule has 3 nitrogen and oxygen atoms in total. The number of aryl methyl sites for hydroxylation is 2. The van der Waals surface area contributed by atoms with Crippen LogP contribution in [0, 0.1) is 13.8 Å². The van der Waals surface area contributed by atoms with Crippen LogP contribution in [0.25, 0.3) is 0 Å². The van der Waals surface area contributed by atoms with E-state index in [2.05, 4.69) is 32.0 Å². The smallest absolute Gasteiger partial charge is 0.306 e. The molecule has 0 aliphatic carbocycles. The Labute approximate surface area is 131 Å². The van der Waals surface area contributed by atoms with Gasteiger partial charge in [0.1, 0.15) is 5.75 Å². The monoisotopic (exact) mass is 298 g/mol. The minimum Gasteiger partial charge on any atom is -0.497 e. The van der Waals surface area contributed by atoms with E-state index in [1.165, 1.54) is 18.2 Å². The van der Waals surface area contributed by atoms with Gasteiger partial charge in [-0.15, -0.1) is 0 Å². The topological polar surface area (TPSA) is 35.5 Å². The molecular weight excluding hydrogens is 276 g/mol. The third-order valence-corrected chi connectivity index (χ3v) is 3.74.